The normalized spacial score (nSPS) is 21.9. The number of carboxylic acids is 1. The third kappa shape index (κ3) is 4.84. The summed E-state index contributed by atoms with van der Waals surface area (Å²) in [5.41, 5.74) is 3.03. The third-order valence-corrected chi connectivity index (χ3v) is 5.77. The molecule has 0 spiro atoms. The number of aliphatic carboxylic acids is 1. The molecule has 0 bridgehead atoms. The summed E-state index contributed by atoms with van der Waals surface area (Å²) in [6.45, 7) is 0.809. The highest BCUT2D eigenvalue weighted by molar-refractivity contribution is 6.64. The summed E-state index contributed by atoms with van der Waals surface area (Å²) < 4.78 is 6.89. The van der Waals surface area contributed by atoms with Crippen molar-refractivity contribution in [2.24, 2.45) is 5.92 Å². The van der Waals surface area contributed by atoms with Crippen molar-refractivity contribution in [2.75, 3.05) is 6.61 Å². The van der Waals surface area contributed by atoms with Crippen LogP contribution < -0.4 is 0 Å². The SMILES string of the molecule is ClC1CCCCO1.O=C(O)Cn1c2c(c3ccccc31)CC(C(=O)Cl)CC2. The maximum absolute atomic E-state index is 11.4. The lowest BCUT2D eigenvalue weighted by Gasteiger charge is -2.20. The first-order valence-electron chi connectivity index (χ1n) is 9.23. The minimum Gasteiger partial charge on any atom is -0.480 e. The molecule has 1 fully saturated rings. The molecule has 1 aliphatic carbocycles. The molecule has 1 saturated heterocycles. The molecule has 1 N–H and O–H groups in total. The Bertz CT molecular complexity index is 827. The second-order valence-corrected chi connectivity index (χ2v) is 7.80. The van der Waals surface area contributed by atoms with Crippen molar-refractivity contribution in [3.8, 4) is 0 Å². The maximum Gasteiger partial charge on any atom is 0.323 e. The zero-order valence-electron chi connectivity index (χ0n) is 15.0. The van der Waals surface area contributed by atoms with Gasteiger partial charge in [-0.15, -0.1) is 0 Å². The van der Waals surface area contributed by atoms with Crippen LogP contribution in [0.1, 0.15) is 36.9 Å². The number of aromatic nitrogens is 1. The second-order valence-electron chi connectivity index (χ2n) is 6.94. The summed E-state index contributed by atoms with van der Waals surface area (Å²) in [5.74, 6) is -1.02. The number of hydrogen-bond acceptors (Lipinski definition) is 3. The Balaban J connectivity index is 0.000000253. The minimum absolute atomic E-state index is 0.00810. The van der Waals surface area contributed by atoms with E-state index in [2.05, 4.69) is 0 Å². The molecule has 1 aromatic heterocycles. The Morgan fingerprint density at radius 2 is 2.00 bits per heavy atom. The fraction of sp³-hybridized carbons (Fsp3) is 0.500. The fourth-order valence-electron chi connectivity index (χ4n) is 3.81. The molecule has 7 heteroatoms. The highest BCUT2D eigenvalue weighted by Gasteiger charge is 2.28. The van der Waals surface area contributed by atoms with E-state index in [9.17, 15) is 9.59 Å². The number of rotatable bonds is 3. The van der Waals surface area contributed by atoms with E-state index < -0.39 is 5.97 Å². The summed E-state index contributed by atoms with van der Waals surface area (Å²) in [4.78, 5) is 22.5. The van der Waals surface area contributed by atoms with Gasteiger partial charge in [-0.2, -0.15) is 0 Å². The van der Waals surface area contributed by atoms with E-state index in [1.807, 2.05) is 28.8 Å². The molecule has 146 valence electrons. The monoisotopic (exact) mass is 411 g/mol. The molecule has 5 nitrogen and oxygen atoms in total. The molecule has 1 aliphatic heterocycles. The molecule has 2 aliphatic rings. The number of carbonyl (C=O) groups excluding carboxylic acids is 1. The molecule has 0 amide bonds. The predicted octanol–water partition coefficient (Wildman–Crippen LogP) is 4.35. The lowest BCUT2D eigenvalue weighted by atomic mass is 9.87. The maximum atomic E-state index is 11.4. The van der Waals surface area contributed by atoms with E-state index in [0.717, 1.165) is 35.2 Å². The van der Waals surface area contributed by atoms with Gasteiger partial charge in [-0.25, -0.2) is 0 Å². The molecular weight excluding hydrogens is 389 g/mol. The number of benzene rings is 1. The van der Waals surface area contributed by atoms with Crippen LogP contribution in [0.2, 0.25) is 0 Å². The number of fused-ring (bicyclic) bond motifs is 3. The highest BCUT2D eigenvalue weighted by atomic mass is 35.5. The van der Waals surface area contributed by atoms with Crippen LogP contribution in [0.15, 0.2) is 24.3 Å². The quantitative estimate of drug-likeness (QED) is 0.601. The first-order chi connectivity index (χ1) is 13.0. The van der Waals surface area contributed by atoms with Crippen molar-refractivity contribution < 1.29 is 19.4 Å². The number of para-hydroxylation sites is 1. The Morgan fingerprint density at radius 3 is 2.59 bits per heavy atom. The van der Waals surface area contributed by atoms with Gasteiger partial charge in [-0.3, -0.25) is 9.59 Å². The van der Waals surface area contributed by atoms with Gasteiger partial charge in [-0.1, -0.05) is 29.8 Å². The number of ether oxygens (including phenoxy) is 1. The van der Waals surface area contributed by atoms with E-state index in [4.69, 9.17) is 33.0 Å². The van der Waals surface area contributed by atoms with Gasteiger partial charge in [0.1, 0.15) is 12.1 Å². The molecule has 2 heterocycles. The average Bonchev–Trinajstić information content (AvgIpc) is 2.96. The van der Waals surface area contributed by atoms with Gasteiger partial charge in [0, 0.05) is 29.1 Å². The number of halogens is 2. The van der Waals surface area contributed by atoms with Gasteiger partial charge in [0.2, 0.25) is 5.24 Å². The van der Waals surface area contributed by atoms with Crippen LogP contribution in [0.25, 0.3) is 10.9 Å². The minimum atomic E-state index is -0.857. The molecule has 2 atom stereocenters. The molecule has 0 saturated carbocycles. The summed E-state index contributed by atoms with van der Waals surface area (Å²) in [7, 11) is 0. The second kappa shape index (κ2) is 9.09. The molecule has 2 unspecified atom stereocenters. The largest absolute Gasteiger partial charge is 0.480 e. The molecule has 27 heavy (non-hydrogen) atoms. The summed E-state index contributed by atoms with van der Waals surface area (Å²) >= 11 is 11.2. The van der Waals surface area contributed by atoms with Crippen LogP contribution in [-0.2, 0) is 33.7 Å². The predicted molar refractivity (Wildman–Crippen MR) is 105 cm³/mol. The van der Waals surface area contributed by atoms with Crippen LogP contribution in [0.3, 0.4) is 0 Å². The van der Waals surface area contributed by atoms with Gasteiger partial charge in [0.15, 0.2) is 0 Å². The Morgan fingerprint density at radius 1 is 1.22 bits per heavy atom. The fourth-order valence-corrected chi connectivity index (χ4v) is 4.24. The van der Waals surface area contributed by atoms with Crippen molar-refractivity contribution in [1.29, 1.82) is 0 Å². The van der Waals surface area contributed by atoms with Crippen molar-refractivity contribution >= 4 is 45.3 Å². The lowest BCUT2D eigenvalue weighted by Crippen LogP contribution is -2.21. The summed E-state index contributed by atoms with van der Waals surface area (Å²) in [5, 5.41) is 9.82. The lowest BCUT2D eigenvalue weighted by molar-refractivity contribution is -0.137. The number of carbonyl (C=O) groups is 2. The molecule has 1 aromatic carbocycles. The van der Waals surface area contributed by atoms with Crippen molar-refractivity contribution in [3.63, 3.8) is 0 Å². The van der Waals surface area contributed by atoms with Gasteiger partial charge in [-0.05, 0) is 61.8 Å². The van der Waals surface area contributed by atoms with Crippen LogP contribution >= 0.6 is 23.2 Å². The zero-order valence-corrected chi connectivity index (χ0v) is 16.5. The Hall–Kier alpha value is -1.56. The smallest absolute Gasteiger partial charge is 0.323 e. The van der Waals surface area contributed by atoms with Crippen LogP contribution in [-0.4, -0.2) is 33.1 Å². The first kappa shape index (κ1) is 20.2. The third-order valence-electron chi connectivity index (χ3n) is 5.11. The Kier molecular flexibility index (Phi) is 6.79. The van der Waals surface area contributed by atoms with Gasteiger partial charge < -0.3 is 14.4 Å². The van der Waals surface area contributed by atoms with Crippen LogP contribution in [0.4, 0.5) is 0 Å². The van der Waals surface area contributed by atoms with Gasteiger partial charge in [0.25, 0.3) is 0 Å². The first-order valence-corrected chi connectivity index (χ1v) is 10.0. The van der Waals surface area contributed by atoms with Crippen LogP contribution in [0.5, 0.6) is 0 Å². The average molecular weight is 412 g/mol. The number of nitrogens with zero attached hydrogens (tertiary/aromatic N) is 1. The van der Waals surface area contributed by atoms with E-state index in [-0.39, 0.29) is 23.3 Å². The van der Waals surface area contributed by atoms with Gasteiger partial charge >= 0.3 is 5.97 Å². The highest BCUT2D eigenvalue weighted by Crippen LogP contribution is 2.35. The topological polar surface area (TPSA) is 68.5 Å². The van der Waals surface area contributed by atoms with Crippen molar-refractivity contribution in [1.82, 2.24) is 4.57 Å². The molecule has 0 radical (unpaired) electrons. The van der Waals surface area contributed by atoms with E-state index >= 15 is 0 Å². The van der Waals surface area contributed by atoms with Crippen molar-refractivity contribution in [3.05, 3.63) is 35.5 Å². The van der Waals surface area contributed by atoms with Gasteiger partial charge in [0.05, 0.1) is 0 Å². The summed E-state index contributed by atoms with van der Waals surface area (Å²) in [6, 6.07) is 7.73. The zero-order chi connectivity index (χ0) is 19.4. The number of alkyl halides is 1. The molecular formula is C20H23Cl2NO4. The van der Waals surface area contributed by atoms with Crippen molar-refractivity contribution in [2.45, 2.75) is 50.6 Å². The van der Waals surface area contributed by atoms with E-state index in [1.165, 1.54) is 12.8 Å². The van der Waals surface area contributed by atoms with E-state index in [0.29, 0.717) is 19.3 Å². The Labute approximate surface area is 168 Å². The number of hydrogen-bond donors (Lipinski definition) is 1. The van der Waals surface area contributed by atoms with E-state index in [1.54, 1.807) is 0 Å². The standard InChI is InChI=1S/C15H14ClNO3.C5H9ClO/c16-15(20)9-5-6-13-11(7-9)10-3-1-2-4-12(10)17(13)8-14(18)19;6-5-3-1-2-4-7-5/h1-4,9H,5-8H2,(H,18,19);5H,1-4H2. The van der Waals surface area contributed by atoms with Crippen LogP contribution in [0, 0.1) is 5.92 Å². The molecule has 4 rings (SSSR count). The number of carboxylic acid groups (broad SMARTS) is 1. The molecule has 2 aromatic rings. The summed E-state index contributed by atoms with van der Waals surface area (Å²) in [6.07, 6.45) is 5.43.